The van der Waals surface area contributed by atoms with Crippen LogP contribution in [0.15, 0.2) is 16.9 Å². The fourth-order valence-electron chi connectivity index (χ4n) is 5.68. The summed E-state index contributed by atoms with van der Waals surface area (Å²) >= 11 is 6.44. The number of carbonyl (C=O) groups excluding carboxylic acids is 3. The van der Waals surface area contributed by atoms with E-state index < -0.39 is 63.8 Å². The highest BCUT2D eigenvalue weighted by Gasteiger charge is 2.64. The minimum Gasteiger partial charge on any atom is -0.508 e. The number of carbonyl (C=O) groups is 3. The zero-order valence-electron chi connectivity index (χ0n) is 22.1. The Morgan fingerprint density at radius 3 is 2.27 bits per heavy atom. The summed E-state index contributed by atoms with van der Waals surface area (Å²) in [5, 5.41) is 47.7. The summed E-state index contributed by atoms with van der Waals surface area (Å²) < 4.78 is 0. The van der Waals surface area contributed by atoms with Crippen LogP contribution < -0.4 is 11.1 Å². The average molecular weight is 645 g/mol. The van der Waals surface area contributed by atoms with Crippen molar-refractivity contribution in [1.82, 2.24) is 14.8 Å². The Bertz CT molecular complexity index is 1290. The second-order valence-corrected chi connectivity index (χ2v) is 10.5. The fraction of sp³-hybridized carbons (Fsp3) is 0.500. The van der Waals surface area contributed by atoms with E-state index in [2.05, 4.69) is 10.3 Å². The number of pyridine rings is 1. The number of ketones is 2. The molecule has 16 heteroatoms. The van der Waals surface area contributed by atoms with Crippen molar-refractivity contribution in [2.45, 2.75) is 24.5 Å². The number of aromatic hydroxyl groups is 1. The Morgan fingerprint density at radius 1 is 1.15 bits per heavy atom. The first-order chi connectivity index (χ1) is 17.2. The van der Waals surface area contributed by atoms with E-state index in [4.69, 9.17) is 17.3 Å². The van der Waals surface area contributed by atoms with E-state index >= 15 is 0 Å². The highest BCUT2D eigenvalue weighted by atomic mass is 35.5. The normalized spacial score (nSPS) is 25.4. The highest BCUT2D eigenvalue weighted by molar-refractivity contribution is 6.31. The molecule has 0 saturated heterocycles. The Kier molecular flexibility index (Phi) is 11.3. The number of halogens is 4. The highest BCUT2D eigenvalue weighted by Crippen LogP contribution is 2.53. The molecule has 1 amide bonds. The topological polar surface area (TPSA) is 190 Å². The van der Waals surface area contributed by atoms with E-state index in [1.165, 1.54) is 19.0 Å². The van der Waals surface area contributed by atoms with E-state index in [0.717, 1.165) is 0 Å². The van der Waals surface area contributed by atoms with Gasteiger partial charge in [-0.15, -0.1) is 37.2 Å². The number of rotatable bonds is 6. The number of fused-ring (bicyclic) bond motifs is 3. The summed E-state index contributed by atoms with van der Waals surface area (Å²) in [6.45, 7) is 1.01. The minimum atomic E-state index is -2.69. The lowest BCUT2D eigenvalue weighted by atomic mass is 9.57. The summed E-state index contributed by atoms with van der Waals surface area (Å²) in [5.74, 6) is -7.21. The van der Waals surface area contributed by atoms with Gasteiger partial charge in [0, 0.05) is 30.1 Å². The smallest absolute Gasteiger partial charge is 0.255 e. The molecule has 12 nitrogen and oxygen atoms in total. The molecule has 0 aromatic carbocycles. The van der Waals surface area contributed by atoms with Gasteiger partial charge in [-0.3, -0.25) is 19.3 Å². The second kappa shape index (κ2) is 12.7. The molecule has 0 bridgehead atoms. The average Bonchev–Trinajstić information content (AvgIpc) is 2.78. The lowest BCUT2D eigenvalue weighted by molar-refractivity contribution is -0.153. The maximum absolute atomic E-state index is 13.8. The maximum atomic E-state index is 13.8. The van der Waals surface area contributed by atoms with Gasteiger partial charge in [0.25, 0.3) is 5.91 Å². The lowest BCUT2D eigenvalue weighted by Crippen LogP contribution is -2.65. The molecule has 224 valence electrons. The van der Waals surface area contributed by atoms with Gasteiger partial charge in [-0.05, 0) is 47.0 Å². The zero-order valence-corrected chi connectivity index (χ0v) is 25.3. The van der Waals surface area contributed by atoms with Crippen LogP contribution in [0, 0.1) is 11.8 Å². The van der Waals surface area contributed by atoms with Crippen molar-refractivity contribution in [1.29, 1.82) is 0 Å². The van der Waals surface area contributed by atoms with Crippen molar-refractivity contribution in [2.24, 2.45) is 17.6 Å². The van der Waals surface area contributed by atoms with Gasteiger partial charge >= 0.3 is 0 Å². The number of aliphatic hydroxyl groups excluding tert-OH is 2. The third-order valence-corrected chi connectivity index (χ3v) is 7.70. The van der Waals surface area contributed by atoms with Crippen molar-refractivity contribution in [3.05, 3.63) is 33.2 Å². The largest absolute Gasteiger partial charge is 0.508 e. The molecule has 3 aliphatic rings. The summed E-state index contributed by atoms with van der Waals surface area (Å²) in [7, 11) is 6.81. The van der Waals surface area contributed by atoms with Gasteiger partial charge in [0.05, 0.1) is 11.6 Å². The molecule has 1 saturated carbocycles. The summed E-state index contributed by atoms with van der Waals surface area (Å²) in [6, 6.07) is -1.15. The number of Topliss-reactive ketones (excluding diaryl/α,β-unsaturated/α-hetero) is 2. The fourth-order valence-corrected chi connectivity index (χ4v) is 5.93. The van der Waals surface area contributed by atoms with E-state index in [-0.39, 0.29) is 72.2 Å². The molecule has 0 unspecified atom stereocenters. The van der Waals surface area contributed by atoms with E-state index in [0.29, 0.717) is 18.7 Å². The molecule has 1 fully saturated rings. The molecule has 7 N–H and O–H groups in total. The Hall–Kier alpha value is -2.32. The Morgan fingerprint density at radius 2 is 1.75 bits per heavy atom. The molecular formula is C24H33Cl4N5O7. The van der Waals surface area contributed by atoms with Gasteiger partial charge in [-0.2, -0.15) is 0 Å². The SMILES string of the molecule is CN(C)CCNc1nc(Cl)c2c(c1O)C(O)=C1C(=O)[C@]3(O)C(O)=C(C(N)=O)C(=O)[C@@H](N(C)C)[C@@H]3C[C@@H]1C2.Cl.Cl.Cl. The van der Waals surface area contributed by atoms with Crippen LogP contribution in [-0.2, 0) is 20.8 Å². The number of aliphatic hydroxyl groups is 3. The van der Waals surface area contributed by atoms with Crippen molar-refractivity contribution >= 4 is 77.9 Å². The molecule has 0 aliphatic heterocycles. The number of hydrogen-bond donors (Lipinski definition) is 6. The van der Waals surface area contributed by atoms with Gasteiger partial charge in [0.1, 0.15) is 22.2 Å². The zero-order chi connectivity index (χ0) is 27.6. The van der Waals surface area contributed by atoms with Crippen LogP contribution in [0.5, 0.6) is 5.75 Å². The predicted molar refractivity (Wildman–Crippen MR) is 156 cm³/mol. The molecule has 0 spiro atoms. The summed E-state index contributed by atoms with van der Waals surface area (Å²) in [4.78, 5) is 46.5. The van der Waals surface area contributed by atoms with Crippen molar-refractivity contribution in [2.75, 3.05) is 46.6 Å². The van der Waals surface area contributed by atoms with Crippen LogP contribution in [0.3, 0.4) is 0 Å². The van der Waals surface area contributed by atoms with Crippen LogP contribution in [0.2, 0.25) is 5.15 Å². The number of nitrogens with two attached hydrogens (primary N) is 1. The predicted octanol–water partition coefficient (Wildman–Crippen LogP) is 1.25. The number of likely N-dealkylation sites (N-methyl/N-ethyl adjacent to an activating group) is 2. The first kappa shape index (κ1) is 35.7. The Labute approximate surface area is 254 Å². The summed E-state index contributed by atoms with van der Waals surface area (Å²) in [5.41, 5.74) is 1.73. The van der Waals surface area contributed by atoms with Crippen LogP contribution in [-0.4, -0.2) is 106 Å². The van der Waals surface area contributed by atoms with Gasteiger partial charge < -0.3 is 36.4 Å². The van der Waals surface area contributed by atoms with Crippen LogP contribution >= 0.6 is 48.8 Å². The van der Waals surface area contributed by atoms with Gasteiger partial charge in [0.2, 0.25) is 5.78 Å². The molecule has 1 heterocycles. The molecular weight excluding hydrogens is 612 g/mol. The number of nitrogens with zero attached hydrogens (tertiary/aromatic N) is 3. The number of amides is 1. The summed E-state index contributed by atoms with van der Waals surface area (Å²) in [6.07, 6.45) is 0.0532. The van der Waals surface area contributed by atoms with E-state index in [1.807, 2.05) is 19.0 Å². The third-order valence-electron chi connectivity index (χ3n) is 7.39. The third kappa shape index (κ3) is 5.34. The molecule has 4 rings (SSSR count). The number of anilines is 1. The molecule has 0 radical (unpaired) electrons. The van der Waals surface area contributed by atoms with Gasteiger partial charge in [0.15, 0.2) is 23.0 Å². The quantitative estimate of drug-likeness (QED) is 0.193. The molecule has 1 aromatic rings. The van der Waals surface area contributed by atoms with Crippen LogP contribution in [0.4, 0.5) is 5.82 Å². The van der Waals surface area contributed by atoms with Crippen molar-refractivity contribution in [3.8, 4) is 5.75 Å². The maximum Gasteiger partial charge on any atom is 0.255 e. The van der Waals surface area contributed by atoms with Crippen molar-refractivity contribution in [3.63, 3.8) is 0 Å². The number of primary amides is 1. The van der Waals surface area contributed by atoms with E-state index in [9.17, 15) is 34.8 Å². The number of aromatic nitrogens is 1. The van der Waals surface area contributed by atoms with E-state index in [1.54, 1.807) is 0 Å². The first-order valence-corrected chi connectivity index (χ1v) is 12.1. The minimum absolute atomic E-state index is 0. The molecule has 1 aromatic heterocycles. The molecule has 3 aliphatic carbocycles. The molecule has 40 heavy (non-hydrogen) atoms. The molecule has 4 atom stereocenters. The monoisotopic (exact) mass is 643 g/mol. The first-order valence-electron chi connectivity index (χ1n) is 11.7. The second-order valence-electron chi connectivity index (χ2n) is 10.1. The number of hydrogen-bond acceptors (Lipinski definition) is 11. The lowest BCUT2D eigenvalue weighted by Gasteiger charge is -2.50. The Balaban J connectivity index is 0.00000267. The number of nitrogens with one attached hydrogen (secondary N) is 1. The van der Waals surface area contributed by atoms with Gasteiger partial charge in [-0.1, -0.05) is 11.6 Å². The van der Waals surface area contributed by atoms with Crippen LogP contribution in [0.1, 0.15) is 17.5 Å². The standard InChI is InChI=1S/C24H30ClN5O7.3ClH/c1-29(2)6-5-27-23-18(33)13-10(21(25)28-23)7-9-8-11-15(30(3)4)17(32)14(22(26)36)20(35)24(11,37)19(34)12(9)16(13)31;;;/h9,11,15,31,33,35,37H,5-8H2,1-4H3,(H2,26,36)(H,27,28);3*1H/t9-,11-,15-,24-;;;/m0.../s1. The van der Waals surface area contributed by atoms with Gasteiger partial charge in [-0.25, -0.2) is 4.98 Å². The van der Waals surface area contributed by atoms with Crippen LogP contribution in [0.25, 0.3) is 5.76 Å². The van der Waals surface area contributed by atoms with Crippen molar-refractivity contribution < 1.29 is 34.8 Å².